The number of aliphatic hydroxyl groups excluding tert-OH is 1. The van der Waals surface area contributed by atoms with Crippen LogP contribution in [0.15, 0.2) is 66.9 Å². The predicted molar refractivity (Wildman–Crippen MR) is 117 cm³/mol. The third-order valence-electron chi connectivity index (χ3n) is 5.57. The van der Waals surface area contributed by atoms with E-state index < -0.39 is 11.7 Å². The summed E-state index contributed by atoms with van der Waals surface area (Å²) in [7, 11) is 1.60. The van der Waals surface area contributed by atoms with Gasteiger partial charge in [-0.3, -0.25) is 4.98 Å². The minimum absolute atomic E-state index is 0.148. The summed E-state index contributed by atoms with van der Waals surface area (Å²) in [6.45, 7) is 3.77. The Morgan fingerprint density at radius 1 is 0.967 bits per heavy atom. The highest BCUT2D eigenvalue weighted by atomic mass is 16.5. The van der Waals surface area contributed by atoms with Crippen LogP contribution in [0.2, 0.25) is 0 Å². The van der Waals surface area contributed by atoms with Crippen LogP contribution in [0.5, 0.6) is 11.5 Å². The van der Waals surface area contributed by atoms with E-state index in [0.717, 1.165) is 11.1 Å². The molecule has 0 saturated heterocycles. The summed E-state index contributed by atoms with van der Waals surface area (Å²) in [4.78, 5) is 4.64. The van der Waals surface area contributed by atoms with Crippen molar-refractivity contribution in [3.63, 3.8) is 0 Å². The van der Waals surface area contributed by atoms with E-state index in [0.29, 0.717) is 35.6 Å². The second-order valence-corrected chi connectivity index (χ2v) is 7.21. The van der Waals surface area contributed by atoms with Gasteiger partial charge in [0.05, 0.1) is 25.0 Å². The SMILES string of the molecule is CCC(O)(CC)c1ccc(C(Oc2ccccc2)c2c(CO)cccc2OC)nc1. The molecule has 1 heterocycles. The predicted octanol–water partition coefficient (Wildman–Crippen LogP) is 4.76. The molecule has 0 fully saturated rings. The number of aliphatic hydroxyl groups is 2. The number of para-hydroxylation sites is 1. The van der Waals surface area contributed by atoms with E-state index >= 15 is 0 Å². The van der Waals surface area contributed by atoms with Crippen molar-refractivity contribution in [3.8, 4) is 11.5 Å². The molecule has 3 rings (SSSR count). The van der Waals surface area contributed by atoms with Gasteiger partial charge in [0.25, 0.3) is 0 Å². The van der Waals surface area contributed by atoms with Gasteiger partial charge >= 0.3 is 0 Å². The average Bonchev–Trinajstić information content (AvgIpc) is 2.82. The lowest BCUT2D eigenvalue weighted by atomic mass is 9.89. The highest BCUT2D eigenvalue weighted by Crippen LogP contribution is 2.37. The van der Waals surface area contributed by atoms with Crippen molar-refractivity contribution in [2.45, 2.75) is 45.0 Å². The largest absolute Gasteiger partial charge is 0.496 e. The van der Waals surface area contributed by atoms with Gasteiger partial charge in [0.1, 0.15) is 11.5 Å². The minimum Gasteiger partial charge on any atom is -0.496 e. The number of nitrogens with zero attached hydrogens (tertiary/aromatic N) is 1. The van der Waals surface area contributed by atoms with Gasteiger partial charge in [-0.25, -0.2) is 0 Å². The molecule has 5 heteroatoms. The quantitative estimate of drug-likeness (QED) is 0.535. The van der Waals surface area contributed by atoms with Crippen molar-refractivity contribution >= 4 is 0 Å². The van der Waals surface area contributed by atoms with Crippen LogP contribution in [0.3, 0.4) is 0 Å². The van der Waals surface area contributed by atoms with Crippen molar-refractivity contribution < 1.29 is 19.7 Å². The summed E-state index contributed by atoms with van der Waals surface area (Å²) in [5.74, 6) is 1.30. The maximum atomic E-state index is 10.8. The zero-order chi connectivity index (χ0) is 21.6. The Labute approximate surface area is 178 Å². The highest BCUT2D eigenvalue weighted by molar-refractivity contribution is 5.46. The van der Waals surface area contributed by atoms with Gasteiger partial charge in [-0.15, -0.1) is 0 Å². The number of rotatable bonds is 9. The Kier molecular flexibility index (Phi) is 7.08. The van der Waals surface area contributed by atoms with Gasteiger partial charge in [-0.2, -0.15) is 0 Å². The van der Waals surface area contributed by atoms with Crippen LogP contribution in [0.25, 0.3) is 0 Å². The van der Waals surface area contributed by atoms with Crippen molar-refractivity contribution in [2.24, 2.45) is 0 Å². The van der Waals surface area contributed by atoms with E-state index in [9.17, 15) is 10.2 Å². The van der Waals surface area contributed by atoms with Crippen molar-refractivity contribution in [1.29, 1.82) is 0 Å². The molecule has 158 valence electrons. The zero-order valence-corrected chi connectivity index (χ0v) is 17.7. The number of hydrogen-bond donors (Lipinski definition) is 2. The molecule has 1 unspecified atom stereocenters. The minimum atomic E-state index is -0.901. The fraction of sp³-hybridized carbons (Fsp3) is 0.320. The van der Waals surface area contributed by atoms with E-state index in [4.69, 9.17) is 9.47 Å². The lowest BCUT2D eigenvalue weighted by molar-refractivity contribution is 0.0279. The summed E-state index contributed by atoms with van der Waals surface area (Å²) >= 11 is 0. The molecule has 0 aliphatic carbocycles. The molecular formula is C25H29NO4. The van der Waals surface area contributed by atoms with E-state index in [2.05, 4.69) is 4.98 Å². The maximum Gasteiger partial charge on any atom is 0.169 e. The fourth-order valence-electron chi connectivity index (χ4n) is 3.60. The molecule has 30 heavy (non-hydrogen) atoms. The van der Waals surface area contributed by atoms with Gasteiger partial charge in [0.15, 0.2) is 6.10 Å². The van der Waals surface area contributed by atoms with Gasteiger partial charge < -0.3 is 19.7 Å². The Morgan fingerprint density at radius 3 is 2.27 bits per heavy atom. The maximum absolute atomic E-state index is 10.8. The first-order chi connectivity index (χ1) is 14.6. The Morgan fingerprint density at radius 2 is 1.70 bits per heavy atom. The molecule has 5 nitrogen and oxygen atoms in total. The lowest BCUT2D eigenvalue weighted by Crippen LogP contribution is -2.24. The third kappa shape index (κ3) is 4.48. The molecule has 0 amide bonds. The molecule has 0 aliphatic rings. The van der Waals surface area contributed by atoms with Gasteiger partial charge in [-0.05, 0) is 42.7 Å². The normalized spacial score (nSPS) is 12.4. The van der Waals surface area contributed by atoms with Gasteiger partial charge in [-0.1, -0.05) is 50.2 Å². The highest BCUT2D eigenvalue weighted by Gasteiger charge is 2.28. The monoisotopic (exact) mass is 407 g/mol. The van der Waals surface area contributed by atoms with E-state index in [1.54, 1.807) is 13.3 Å². The Balaban J connectivity index is 2.10. The van der Waals surface area contributed by atoms with Crippen molar-refractivity contribution in [1.82, 2.24) is 4.98 Å². The summed E-state index contributed by atoms with van der Waals surface area (Å²) < 4.78 is 11.9. The third-order valence-corrected chi connectivity index (χ3v) is 5.57. The van der Waals surface area contributed by atoms with E-state index in [-0.39, 0.29) is 6.61 Å². The number of ether oxygens (including phenoxy) is 2. The number of aromatic nitrogens is 1. The van der Waals surface area contributed by atoms with Crippen molar-refractivity contribution in [2.75, 3.05) is 7.11 Å². The Hall–Kier alpha value is -2.89. The first-order valence-corrected chi connectivity index (χ1v) is 10.2. The second-order valence-electron chi connectivity index (χ2n) is 7.21. The first kappa shape index (κ1) is 21.8. The summed E-state index contributed by atoms with van der Waals surface area (Å²) in [5, 5.41) is 20.8. The molecular weight excluding hydrogens is 378 g/mol. The van der Waals surface area contributed by atoms with Crippen molar-refractivity contribution in [3.05, 3.63) is 89.2 Å². The lowest BCUT2D eigenvalue weighted by Gasteiger charge is -2.27. The molecule has 2 N–H and O–H groups in total. The van der Waals surface area contributed by atoms with Crippen LogP contribution >= 0.6 is 0 Å². The molecule has 3 aromatic rings. The average molecular weight is 408 g/mol. The van der Waals surface area contributed by atoms with Crippen LogP contribution in [0.4, 0.5) is 0 Å². The molecule has 0 bridgehead atoms. The summed E-state index contributed by atoms with van der Waals surface area (Å²) in [6, 6.07) is 18.8. The van der Waals surface area contributed by atoms with Crippen LogP contribution in [-0.4, -0.2) is 22.3 Å². The van der Waals surface area contributed by atoms with Crippen LogP contribution < -0.4 is 9.47 Å². The number of methoxy groups -OCH3 is 1. The standard InChI is InChI=1S/C25H29NO4/c1-4-25(28,5-2)19-14-15-21(26-16-19)24(30-20-11-7-6-8-12-20)23-18(17-27)10-9-13-22(23)29-3/h6-16,24,27-28H,4-5,17H2,1-3H3. The molecule has 0 radical (unpaired) electrons. The molecule has 1 aromatic heterocycles. The van der Waals surface area contributed by atoms with Crippen LogP contribution in [-0.2, 0) is 12.2 Å². The first-order valence-electron chi connectivity index (χ1n) is 10.2. The summed E-state index contributed by atoms with van der Waals surface area (Å²) in [6.07, 6.45) is 2.33. The molecule has 2 aromatic carbocycles. The fourth-order valence-corrected chi connectivity index (χ4v) is 3.60. The molecule has 0 spiro atoms. The molecule has 1 atom stereocenters. The molecule has 0 aliphatic heterocycles. The van der Waals surface area contributed by atoms with Gasteiger partial charge in [0, 0.05) is 17.3 Å². The number of pyridine rings is 1. The van der Waals surface area contributed by atoms with Gasteiger partial charge in [0.2, 0.25) is 0 Å². The van der Waals surface area contributed by atoms with E-state index in [1.807, 2.05) is 74.5 Å². The van der Waals surface area contributed by atoms with E-state index in [1.165, 1.54) is 0 Å². The smallest absolute Gasteiger partial charge is 0.169 e. The number of hydrogen-bond acceptors (Lipinski definition) is 5. The Bertz CT molecular complexity index is 915. The summed E-state index contributed by atoms with van der Waals surface area (Å²) in [5.41, 5.74) is 1.98. The topological polar surface area (TPSA) is 71.8 Å². The second kappa shape index (κ2) is 9.74. The zero-order valence-electron chi connectivity index (χ0n) is 17.7. The number of benzene rings is 2. The van der Waals surface area contributed by atoms with Crippen LogP contribution in [0, 0.1) is 0 Å². The van der Waals surface area contributed by atoms with Crippen LogP contribution in [0.1, 0.15) is 55.2 Å². The molecule has 0 saturated carbocycles.